The summed E-state index contributed by atoms with van der Waals surface area (Å²) < 4.78 is 4.96. The Labute approximate surface area is 105 Å². The van der Waals surface area contributed by atoms with E-state index in [0.717, 1.165) is 12.2 Å². The highest BCUT2D eigenvalue weighted by molar-refractivity contribution is 5.46. The second kappa shape index (κ2) is 6.73. The SMILES string of the molecule is COCCNCc1ccnc(-c2cnccn2)n1. The van der Waals surface area contributed by atoms with E-state index in [-0.39, 0.29) is 0 Å². The summed E-state index contributed by atoms with van der Waals surface area (Å²) in [5.74, 6) is 0.592. The Bertz CT molecular complexity index is 477. The molecule has 1 N–H and O–H groups in total. The van der Waals surface area contributed by atoms with E-state index in [1.54, 1.807) is 31.9 Å². The highest BCUT2D eigenvalue weighted by Gasteiger charge is 2.03. The van der Waals surface area contributed by atoms with Gasteiger partial charge >= 0.3 is 0 Å². The van der Waals surface area contributed by atoms with Crippen LogP contribution in [0.25, 0.3) is 11.5 Å². The molecule has 94 valence electrons. The summed E-state index contributed by atoms with van der Waals surface area (Å²) in [4.78, 5) is 16.8. The monoisotopic (exact) mass is 245 g/mol. The molecule has 0 amide bonds. The fraction of sp³-hybridized carbons (Fsp3) is 0.333. The third-order valence-electron chi connectivity index (χ3n) is 2.29. The summed E-state index contributed by atoms with van der Waals surface area (Å²) in [5.41, 5.74) is 1.60. The van der Waals surface area contributed by atoms with Crippen LogP contribution in [0, 0.1) is 0 Å². The van der Waals surface area contributed by atoms with Gasteiger partial charge in [-0.05, 0) is 6.07 Å². The predicted molar refractivity (Wildman–Crippen MR) is 66.6 cm³/mol. The van der Waals surface area contributed by atoms with E-state index in [2.05, 4.69) is 25.3 Å². The van der Waals surface area contributed by atoms with Gasteiger partial charge in [0.05, 0.1) is 18.5 Å². The molecule has 0 aromatic carbocycles. The summed E-state index contributed by atoms with van der Waals surface area (Å²) in [6, 6.07) is 1.87. The first-order valence-corrected chi connectivity index (χ1v) is 5.68. The second-order valence-electron chi connectivity index (χ2n) is 3.63. The molecule has 0 atom stereocenters. The number of rotatable bonds is 6. The van der Waals surface area contributed by atoms with Crippen molar-refractivity contribution < 1.29 is 4.74 Å². The number of hydrogen-bond acceptors (Lipinski definition) is 6. The molecule has 6 nitrogen and oxygen atoms in total. The maximum atomic E-state index is 4.96. The zero-order valence-electron chi connectivity index (χ0n) is 10.2. The quantitative estimate of drug-likeness (QED) is 0.754. The number of nitrogens with one attached hydrogen (secondary N) is 1. The van der Waals surface area contributed by atoms with Crippen LogP contribution in [-0.2, 0) is 11.3 Å². The van der Waals surface area contributed by atoms with Crippen LogP contribution in [0.5, 0.6) is 0 Å². The molecule has 0 bridgehead atoms. The van der Waals surface area contributed by atoms with Gasteiger partial charge in [0.2, 0.25) is 0 Å². The fourth-order valence-corrected chi connectivity index (χ4v) is 1.42. The van der Waals surface area contributed by atoms with Crippen molar-refractivity contribution in [2.45, 2.75) is 6.54 Å². The van der Waals surface area contributed by atoms with Crippen LogP contribution in [0.1, 0.15) is 5.69 Å². The van der Waals surface area contributed by atoms with E-state index in [4.69, 9.17) is 4.74 Å². The smallest absolute Gasteiger partial charge is 0.180 e. The minimum absolute atomic E-state index is 0.592. The number of ether oxygens (including phenoxy) is 1. The van der Waals surface area contributed by atoms with Crippen molar-refractivity contribution in [1.82, 2.24) is 25.3 Å². The third-order valence-corrected chi connectivity index (χ3v) is 2.29. The summed E-state index contributed by atoms with van der Waals surface area (Å²) in [5, 5.41) is 3.23. The van der Waals surface area contributed by atoms with Crippen molar-refractivity contribution in [2.24, 2.45) is 0 Å². The first-order valence-electron chi connectivity index (χ1n) is 5.68. The maximum Gasteiger partial charge on any atom is 0.180 e. The molecule has 0 saturated carbocycles. The Morgan fingerprint density at radius 1 is 1.22 bits per heavy atom. The van der Waals surface area contributed by atoms with Crippen molar-refractivity contribution >= 4 is 0 Å². The molecule has 0 fully saturated rings. The molecule has 0 saturated heterocycles. The lowest BCUT2D eigenvalue weighted by atomic mass is 10.3. The molecule has 0 aliphatic carbocycles. The Morgan fingerprint density at radius 3 is 2.94 bits per heavy atom. The second-order valence-corrected chi connectivity index (χ2v) is 3.63. The predicted octanol–water partition coefficient (Wildman–Crippen LogP) is 0.670. The normalized spacial score (nSPS) is 10.5. The van der Waals surface area contributed by atoms with E-state index in [1.165, 1.54) is 0 Å². The van der Waals surface area contributed by atoms with Gasteiger partial charge in [0, 0.05) is 38.8 Å². The van der Waals surface area contributed by atoms with E-state index in [0.29, 0.717) is 24.7 Å². The van der Waals surface area contributed by atoms with Gasteiger partial charge in [-0.3, -0.25) is 4.98 Å². The molecule has 2 rings (SSSR count). The summed E-state index contributed by atoms with van der Waals surface area (Å²) in [7, 11) is 1.68. The van der Waals surface area contributed by atoms with Crippen LogP contribution in [0.4, 0.5) is 0 Å². The van der Waals surface area contributed by atoms with Gasteiger partial charge in [0.1, 0.15) is 5.69 Å². The maximum absolute atomic E-state index is 4.96. The average Bonchev–Trinajstić information content (AvgIpc) is 2.45. The van der Waals surface area contributed by atoms with Gasteiger partial charge in [-0.25, -0.2) is 15.0 Å². The zero-order chi connectivity index (χ0) is 12.6. The van der Waals surface area contributed by atoms with Crippen LogP contribution in [0.3, 0.4) is 0 Å². The molecule has 0 aliphatic heterocycles. The number of methoxy groups -OCH3 is 1. The lowest BCUT2D eigenvalue weighted by molar-refractivity contribution is 0.199. The molecular weight excluding hydrogens is 230 g/mol. The van der Waals surface area contributed by atoms with Gasteiger partial charge in [0.15, 0.2) is 5.82 Å². The topological polar surface area (TPSA) is 72.8 Å². The highest BCUT2D eigenvalue weighted by Crippen LogP contribution is 2.08. The number of hydrogen-bond donors (Lipinski definition) is 1. The largest absolute Gasteiger partial charge is 0.383 e. The molecule has 2 aromatic heterocycles. The number of aromatic nitrogens is 4. The van der Waals surface area contributed by atoms with E-state index < -0.39 is 0 Å². The zero-order valence-corrected chi connectivity index (χ0v) is 10.2. The Balaban J connectivity index is 2.02. The van der Waals surface area contributed by atoms with Gasteiger partial charge in [-0.1, -0.05) is 0 Å². The lowest BCUT2D eigenvalue weighted by Gasteiger charge is -2.04. The van der Waals surface area contributed by atoms with Crippen LogP contribution in [0.2, 0.25) is 0 Å². The summed E-state index contributed by atoms with van der Waals surface area (Å²) >= 11 is 0. The van der Waals surface area contributed by atoms with Gasteiger partial charge in [-0.2, -0.15) is 0 Å². The molecule has 6 heteroatoms. The summed E-state index contributed by atoms with van der Waals surface area (Å²) in [6.45, 7) is 2.15. The minimum Gasteiger partial charge on any atom is -0.383 e. The van der Waals surface area contributed by atoms with E-state index in [1.807, 2.05) is 6.07 Å². The lowest BCUT2D eigenvalue weighted by Crippen LogP contribution is -2.19. The van der Waals surface area contributed by atoms with Gasteiger partial charge < -0.3 is 10.1 Å². The van der Waals surface area contributed by atoms with Crippen molar-refractivity contribution in [3.63, 3.8) is 0 Å². The molecular formula is C12H15N5O. The van der Waals surface area contributed by atoms with Crippen LogP contribution in [-0.4, -0.2) is 40.2 Å². The van der Waals surface area contributed by atoms with Gasteiger partial charge in [-0.15, -0.1) is 0 Å². The molecule has 0 unspecified atom stereocenters. The summed E-state index contributed by atoms with van der Waals surface area (Å²) in [6.07, 6.45) is 6.63. The minimum atomic E-state index is 0.592. The first kappa shape index (κ1) is 12.5. The molecule has 0 spiro atoms. The Morgan fingerprint density at radius 2 is 2.17 bits per heavy atom. The van der Waals surface area contributed by atoms with Crippen LogP contribution < -0.4 is 5.32 Å². The Kier molecular flexibility index (Phi) is 4.68. The highest BCUT2D eigenvalue weighted by atomic mass is 16.5. The first-order chi connectivity index (χ1) is 8.90. The van der Waals surface area contributed by atoms with Crippen molar-refractivity contribution in [3.05, 3.63) is 36.5 Å². The molecule has 2 heterocycles. The van der Waals surface area contributed by atoms with Gasteiger partial charge in [0.25, 0.3) is 0 Å². The number of nitrogens with zero attached hydrogens (tertiary/aromatic N) is 4. The Hall–Kier alpha value is -1.92. The standard InChI is InChI=1S/C12H15N5O/c1-18-7-6-14-8-10-2-3-16-12(17-10)11-9-13-4-5-15-11/h2-5,9,14H,6-8H2,1H3. The van der Waals surface area contributed by atoms with E-state index >= 15 is 0 Å². The fourth-order valence-electron chi connectivity index (χ4n) is 1.42. The molecule has 2 aromatic rings. The third kappa shape index (κ3) is 3.54. The molecule has 0 radical (unpaired) electrons. The average molecular weight is 245 g/mol. The van der Waals surface area contributed by atoms with E-state index in [9.17, 15) is 0 Å². The van der Waals surface area contributed by atoms with Crippen LogP contribution >= 0.6 is 0 Å². The molecule has 18 heavy (non-hydrogen) atoms. The van der Waals surface area contributed by atoms with Crippen molar-refractivity contribution in [1.29, 1.82) is 0 Å². The van der Waals surface area contributed by atoms with Crippen LogP contribution in [0.15, 0.2) is 30.9 Å². The van der Waals surface area contributed by atoms with Crippen molar-refractivity contribution in [3.8, 4) is 11.5 Å². The van der Waals surface area contributed by atoms with Crippen molar-refractivity contribution in [2.75, 3.05) is 20.3 Å². The molecule has 0 aliphatic rings.